The second-order valence-corrected chi connectivity index (χ2v) is 5.73. The highest BCUT2D eigenvalue weighted by Crippen LogP contribution is 2.26. The molecule has 0 saturated carbocycles. The minimum Gasteiger partial charge on any atom is -0.586 e. The van der Waals surface area contributed by atoms with Gasteiger partial charge < -0.3 is 44.5 Å². The van der Waals surface area contributed by atoms with Crippen molar-refractivity contribution in [3.05, 3.63) is 11.5 Å². The van der Waals surface area contributed by atoms with E-state index in [1.54, 1.807) is 0 Å². The van der Waals surface area contributed by atoms with Crippen molar-refractivity contribution in [2.45, 2.75) is 30.5 Å². The van der Waals surface area contributed by atoms with Gasteiger partial charge in [0.05, 0.1) is 43.6 Å². The molecule has 25 heavy (non-hydrogen) atoms. The van der Waals surface area contributed by atoms with Crippen LogP contribution < -0.4 is 9.80 Å². The van der Waals surface area contributed by atoms with Crippen LogP contribution in [0.2, 0.25) is 0 Å². The van der Waals surface area contributed by atoms with Crippen molar-refractivity contribution in [3.63, 3.8) is 0 Å². The van der Waals surface area contributed by atoms with E-state index in [4.69, 9.17) is 19.1 Å². The summed E-state index contributed by atoms with van der Waals surface area (Å²) in [5.41, 5.74) is 0. The minimum atomic E-state index is -1.69. The molecule has 12 nitrogen and oxygen atoms in total. The summed E-state index contributed by atoms with van der Waals surface area (Å²) in [7, 11) is 0. The van der Waals surface area contributed by atoms with E-state index < -0.39 is 43.0 Å². The molecule has 1 aromatic rings. The topological polar surface area (TPSA) is 164 Å². The monoisotopic (exact) mass is 360 g/mol. The van der Waals surface area contributed by atoms with Crippen LogP contribution in [0.15, 0.2) is 10.7 Å². The van der Waals surface area contributed by atoms with Crippen LogP contribution in [0.4, 0.5) is 5.88 Å². The number of hydrogen-bond acceptors (Lipinski definition) is 10. The summed E-state index contributed by atoms with van der Waals surface area (Å²) < 4.78 is 15.3. The van der Waals surface area contributed by atoms with E-state index in [1.165, 1.54) is 11.0 Å². The highest BCUT2D eigenvalue weighted by molar-refractivity contribution is 5.98. The largest absolute Gasteiger partial charge is 0.586 e. The van der Waals surface area contributed by atoms with Crippen LogP contribution in [0.1, 0.15) is 0 Å². The van der Waals surface area contributed by atoms with Crippen LogP contribution in [0.3, 0.4) is 0 Å². The van der Waals surface area contributed by atoms with Crippen LogP contribution in [0, 0.1) is 0 Å². The number of hydrogen-bond donors (Lipinski definition) is 4. The highest BCUT2D eigenvalue weighted by Gasteiger charge is 2.44. The number of aromatic nitrogens is 2. The third-order valence-electron chi connectivity index (χ3n) is 4.08. The van der Waals surface area contributed by atoms with Gasteiger partial charge in [0.15, 0.2) is 0 Å². The molecule has 1 aromatic heterocycles. The Morgan fingerprint density at radius 3 is 2.68 bits per heavy atom. The molecule has 1 amide bonds. The molecule has 3 heterocycles. The standard InChI is InChI=1S/C13H20N4O8/c18-6-7-9(19)10(20)11(21)12(24-7)13(22)14-8-5-17(15-25-8)16-1-3-23-4-2-16/h5,7,9-12,18-21H,1-4,6H2/t7-,9-,10+,11-,12-/m1/s1. The van der Waals surface area contributed by atoms with Gasteiger partial charge in [-0.15, -0.1) is 5.01 Å². The summed E-state index contributed by atoms with van der Waals surface area (Å²) in [6.45, 7) is 1.63. The number of carbonyl (C=O) groups excluding carboxylic acids is 1. The number of carbonyl (C=O) groups is 1. The summed E-state index contributed by atoms with van der Waals surface area (Å²) in [5, 5.41) is 47.7. The second kappa shape index (κ2) is 7.59. The summed E-state index contributed by atoms with van der Waals surface area (Å²) in [6.07, 6.45) is -6.23. The average Bonchev–Trinajstić information content (AvgIpc) is 3.09. The molecular formula is C13H20N4O8. The smallest absolute Gasteiger partial charge is 0.257 e. The van der Waals surface area contributed by atoms with Crippen molar-refractivity contribution in [2.75, 3.05) is 37.9 Å². The molecule has 5 atom stereocenters. The molecule has 0 spiro atoms. The molecule has 12 heteroatoms. The number of rotatable bonds is 4. The Balaban J connectivity index is 1.64. The van der Waals surface area contributed by atoms with Gasteiger partial charge in [-0.25, -0.2) is 0 Å². The van der Waals surface area contributed by atoms with E-state index in [0.29, 0.717) is 26.3 Å². The van der Waals surface area contributed by atoms with Crippen molar-refractivity contribution >= 4 is 11.8 Å². The SMILES string of the molecule is O=C([N-]c1c[n+](N2CCOCC2)no1)[C@@H]1O[C@H](CO)[C@@H](O)[C@H](O)[C@H]1O. The van der Waals surface area contributed by atoms with Crippen molar-refractivity contribution < 1.29 is 44.0 Å². The van der Waals surface area contributed by atoms with Gasteiger partial charge in [0.25, 0.3) is 6.20 Å². The van der Waals surface area contributed by atoms with Crippen LogP contribution in [0.25, 0.3) is 5.32 Å². The Hall–Kier alpha value is -1.83. The number of aliphatic hydroxyl groups excluding tert-OH is 4. The third-order valence-corrected chi connectivity index (χ3v) is 4.08. The third kappa shape index (κ3) is 3.73. The molecular weight excluding hydrogens is 340 g/mol. The second-order valence-electron chi connectivity index (χ2n) is 5.73. The molecule has 0 unspecified atom stereocenters. The van der Waals surface area contributed by atoms with Crippen LogP contribution in [-0.4, -0.2) is 95.0 Å². The quantitative estimate of drug-likeness (QED) is 0.393. The summed E-state index contributed by atoms with van der Waals surface area (Å²) in [4.78, 5) is 13.6. The summed E-state index contributed by atoms with van der Waals surface area (Å²) >= 11 is 0. The van der Waals surface area contributed by atoms with E-state index in [0.717, 1.165) is 0 Å². The highest BCUT2D eigenvalue weighted by atomic mass is 16.6. The van der Waals surface area contributed by atoms with Gasteiger partial charge >= 0.3 is 0 Å². The number of amides is 1. The molecule has 2 fully saturated rings. The van der Waals surface area contributed by atoms with Crippen molar-refractivity contribution in [1.29, 1.82) is 0 Å². The molecule has 3 rings (SSSR count). The Morgan fingerprint density at radius 1 is 1.28 bits per heavy atom. The Kier molecular flexibility index (Phi) is 5.46. The van der Waals surface area contributed by atoms with Gasteiger partial charge in [0, 0.05) is 0 Å². The number of morpholine rings is 1. The molecule has 2 aliphatic heterocycles. The molecule has 2 aliphatic rings. The number of nitrogens with zero attached hydrogens (tertiary/aromatic N) is 4. The lowest BCUT2D eigenvalue weighted by molar-refractivity contribution is -0.759. The molecule has 0 aliphatic carbocycles. The van der Waals surface area contributed by atoms with Crippen LogP contribution in [0.5, 0.6) is 0 Å². The van der Waals surface area contributed by atoms with Crippen molar-refractivity contribution in [3.8, 4) is 0 Å². The molecule has 4 N–H and O–H groups in total. The lowest BCUT2D eigenvalue weighted by Gasteiger charge is -2.41. The first-order valence-corrected chi connectivity index (χ1v) is 7.79. The van der Waals surface area contributed by atoms with Gasteiger partial charge in [-0.3, -0.25) is 0 Å². The van der Waals surface area contributed by atoms with Gasteiger partial charge in [0.1, 0.15) is 36.4 Å². The zero-order chi connectivity index (χ0) is 18.0. The Labute approximate surface area is 142 Å². The lowest BCUT2D eigenvalue weighted by Crippen LogP contribution is -2.62. The zero-order valence-electron chi connectivity index (χ0n) is 13.2. The fraction of sp³-hybridized carbons (Fsp3) is 0.769. The first-order valence-electron chi connectivity index (χ1n) is 7.79. The average molecular weight is 360 g/mol. The van der Waals surface area contributed by atoms with Crippen LogP contribution >= 0.6 is 0 Å². The van der Waals surface area contributed by atoms with Gasteiger partial charge in [-0.1, -0.05) is 0 Å². The Bertz CT molecular complexity index is 590. The summed E-state index contributed by atoms with van der Waals surface area (Å²) in [6, 6.07) is 0. The maximum atomic E-state index is 12.2. The first-order chi connectivity index (χ1) is 12.0. The normalized spacial score (nSPS) is 33.3. The van der Waals surface area contributed by atoms with E-state index in [-0.39, 0.29) is 5.88 Å². The van der Waals surface area contributed by atoms with Gasteiger partial charge in [-0.05, 0) is 0 Å². The van der Waals surface area contributed by atoms with E-state index >= 15 is 0 Å². The maximum Gasteiger partial charge on any atom is 0.257 e. The molecule has 2 saturated heterocycles. The Morgan fingerprint density at radius 2 is 2.00 bits per heavy atom. The fourth-order valence-corrected chi connectivity index (χ4v) is 2.65. The van der Waals surface area contributed by atoms with E-state index in [9.17, 15) is 20.1 Å². The molecule has 0 radical (unpaired) electrons. The van der Waals surface area contributed by atoms with Crippen LogP contribution in [-0.2, 0) is 14.3 Å². The zero-order valence-corrected chi connectivity index (χ0v) is 13.2. The molecule has 0 aromatic carbocycles. The van der Waals surface area contributed by atoms with Gasteiger partial charge in [-0.2, -0.15) is 0 Å². The molecule has 0 bridgehead atoms. The molecule has 140 valence electrons. The summed E-state index contributed by atoms with van der Waals surface area (Å²) in [5.74, 6) is -1.05. The van der Waals surface area contributed by atoms with Crippen molar-refractivity contribution in [2.24, 2.45) is 0 Å². The van der Waals surface area contributed by atoms with Gasteiger partial charge in [0.2, 0.25) is 5.27 Å². The number of ether oxygens (including phenoxy) is 2. The maximum absolute atomic E-state index is 12.2. The van der Waals surface area contributed by atoms with E-state index in [2.05, 4.69) is 10.6 Å². The fourth-order valence-electron chi connectivity index (χ4n) is 2.65. The van der Waals surface area contributed by atoms with E-state index in [1.807, 2.05) is 5.01 Å². The lowest BCUT2D eigenvalue weighted by atomic mass is 9.95. The predicted octanol–water partition coefficient (Wildman–Crippen LogP) is -3.70. The first kappa shape index (κ1) is 18.0. The van der Waals surface area contributed by atoms with Crippen molar-refractivity contribution in [1.82, 2.24) is 5.27 Å². The predicted molar refractivity (Wildman–Crippen MR) is 77.3 cm³/mol. The number of aliphatic hydroxyl groups is 4. The minimum absolute atomic E-state index is 0.117.